The number of H-pyrrole nitrogens is 1. The zero-order valence-corrected chi connectivity index (χ0v) is 13.7. The number of amides is 1. The molecule has 0 aliphatic heterocycles. The second kappa shape index (κ2) is 7.48. The van der Waals surface area contributed by atoms with E-state index in [1.807, 2.05) is 4.98 Å². The van der Waals surface area contributed by atoms with Crippen LogP contribution >= 0.6 is 0 Å². The van der Waals surface area contributed by atoms with Gasteiger partial charge in [0.25, 0.3) is 11.5 Å². The highest BCUT2D eigenvalue weighted by Gasteiger charge is 2.16. The van der Waals surface area contributed by atoms with E-state index in [9.17, 15) is 23.9 Å². The lowest BCUT2D eigenvalue weighted by atomic mass is 10.2. The van der Waals surface area contributed by atoms with Crippen molar-refractivity contribution >= 4 is 12.1 Å². The summed E-state index contributed by atoms with van der Waals surface area (Å²) in [5, 5.41) is 13.9. The molecule has 3 rings (SSSR count). The first kappa shape index (κ1) is 17.8. The fourth-order valence-electron chi connectivity index (χ4n) is 2.32. The average Bonchev–Trinajstić information content (AvgIpc) is 2.66. The van der Waals surface area contributed by atoms with E-state index >= 15 is 0 Å². The molecule has 1 amide bonds. The van der Waals surface area contributed by atoms with E-state index in [-0.39, 0.29) is 5.69 Å². The van der Waals surface area contributed by atoms with Gasteiger partial charge in [0.1, 0.15) is 11.4 Å². The highest BCUT2D eigenvalue weighted by molar-refractivity contribution is 5.94. The van der Waals surface area contributed by atoms with Crippen LogP contribution < -0.4 is 16.7 Å². The number of carbonyl (C=O) groups excluding carboxylic acids is 1. The topological polar surface area (TPSA) is 117 Å². The number of halogens is 1. The summed E-state index contributed by atoms with van der Waals surface area (Å²) in [7, 11) is 0. The van der Waals surface area contributed by atoms with Crippen LogP contribution in [0.2, 0.25) is 0 Å². The summed E-state index contributed by atoms with van der Waals surface area (Å²) in [6.07, 6.45) is 0.867. The van der Waals surface area contributed by atoms with Gasteiger partial charge < -0.3 is 5.11 Å². The molecule has 0 spiro atoms. The molecule has 0 aliphatic rings. The summed E-state index contributed by atoms with van der Waals surface area (Å²) >= 11 is 0. The van der Waals surface area contributed by atoms with Crippen LogP contribution in [0.4, 0.5) is 4.39 Å². The highest BCUT2D eigenvalue weighted by Crippen LogP contribution is 2.17. The van der Waals surface area contributed by atoms with Gasteiger partial charge in [-0.3, -0.25) is 14.6 Å². The fourth-order valence-corrected chi connectivity index (χ4v) is 2.32. The summed E-state index contributed by atoms with van der Waals surface area (Å²) < 4.78 is 14.6. The maximum absolute atomic E-state index is 14.0. The summed E-state index contributed by atoms with van der Waals surface area (Å²) in [6.45, 7) is 0. The number of para-hydroxylation sites is 1. The van der Waals surface area contributed by atoms with E-state index in [0.29, 0.717) is 10.1 Å². The molecule has 3 N–H and O–H groups in total. The lowest BCUT2D eigenvalue weighted by Gasteiger charge is -2.10. The molecule has 0 unspecified atom stereocenters. The standard InChI is InChI=1S/C18H13FN4O4/c19-13-8-4-5-9-14(13)23-17(26)12(16(25)21-18(23)27)10-20-22-15(24)11-6-2-1-3-7-11/h1-10,26H,(H,22,24)(H,21,25,27). The van der Waals surface area contributed by atoms with Crippen LogP contribution in [-0.2, 0) is 0 Å². The second-order valence-corrected chi connectivity index (χ2v) is 5.35. The van der Waals surface area contributed by atoms with Gasteiger partial charge in [-0.15, -0.1) is 0 Å². The van der Waals surface area contributed by atoms with Gasteiger partial charge in [0.05, 0.1) is 11.9 Å². The number of nitrogens with zero attached hydrogens (tertiary/aromatic N) is 2. The van der Waals surface area contributed by atoms with Crippen LogP contribution in [0.15, 0.2) is 69.3 Å². The van der Waals surface area contributed by atoms with Crippen LogP contribution in [-0.4, -0.2) is 26.8 Å². The number of hydrogen-bond donors (Lipinski definition) is 3. The van der Waals surface area contributed by atoms with Gasteiger partial charge in [-0.2, -0.15) is 5.10 Å². The van der Waals surface area contributed by atoms with Gasteiger partial charge in [-0.05, 0) is 24.3 Å². The van der Waals surface area contributed by atoms with Gasteiger partial charge >= 0.3 is 5.69 Å². The molecule has 3 aromatic rings. The number of aromatic amines is 1. The SMILES string of the molecule is O=C(NN=Cc1c(O)n(-c2ccccc2F)c(=O)[nH]c1=O)c1ccccc1. The number of carbonyl (C=O) groups is 1. The summed E-state index contributed by atoms with van der Waals surface area (Å²) in [5.41, 5.74) is -0.108. The number of benzene rings is 2. The average molecular weight is 368 g/mol. The van der Waals surface area contributed by atoms with Gasteiger partial charge in [-0.25, -0.2) is 19.2 Å². The molecule has 9 heteroatoms. The molecule has 8 nitrogen and oxygen atoms in total. The van der Waals surface area contributed by atoms with Crippen LogP contribution in [0.5, 0.6) is 5.88 Å². The minimum atomic E-state index is -1.02. The normalized spacial score (nSPS) is 10.9. The summed E-state index contributed by atoms with van der Waals surface area (Å²) in [4.78, 5) is 37.8. The number of hydrogen-bond acceptors (Lipinski definition) is 5. The van der Waals surface area contributed by atoms with Crippen molar-refractivity contribution in [3.63, 3.8) is 0 Å². The number of nitrogens with one attached hydrogen (secondary N) is 2. The van der Waals surface area contributed by atoms with Gasteiger partial charge in [0.15, 0.2) is 0 Å². The summed E-state index contributed by atoms with van der Waals surface area (Å²) in [5.74, 6) is -2.13. The molecule has 2 aromatic carbocycles. The van der Waals surface area contributed by atoms with Crippen molar-refractivity contribution in [1.82, 2.24) is 15.0 Å². The second-order valence-electron chi connectivity index (χ2n) is 5.35. The molecule has 0 atom stereocenters. The molecule has 1 aromatic heterocycles. The van der Waals surface area contributed by atoms with Crippen molar-refractivity contribution in [2.24, 2.45) is 5.10 Å². The lowest BCUT2D eigenvalue weighted by molar-refractivity contribution is 0.0955. The number of aromatic hydroxyl groups is 1. The zero-order chi connectivity index (χ0) is 19.4. The van der Waals surface area contributed by atoms with E-state index < -0.39 is 34.4 Å². The molecule has 0 fully saturated rings. The predicted molar refractivity (Wildman–Crippen MR) is 95.8 cm³/mol. The first-order valence-electron chi connectivity index (χ1n) is 7.70. The smallest absolute Gasteiger partial charge is 0.335 e. The monoisotopic (exact) mass is 368 g/mol. The molecule has 0 aliphatic carbocycles. The summed E-state index contributed by atoms with van der Waals surface area (Å²) in [6, 6.07) is 13.4. The van der Waals surface area contributed by atoms with E-state index in [0.717, 1.165) is 12.3 Å². The fraction of sp³-hybridized carbons (Fsp3) is 0. The first-order valence-corrected chi connectivity index (χ1v) is 7.70. The van der Waals surface area contributed by atoms with Gasteiger partial charge in [-0.1, -0.05) is 30.3 Å². The maximum Gasteiger partial charge on any atom is 0.335 e. The maximum atomic E-state index is 14.0. The number of hydrazone groups is 1. The molecule has 0 saturated heterocycles. The quantitative estimate of drug-likeness (QED) is 0.473. The Morgan fingerprint density at radius 2 is 1.78 bits per heavy atom. The third-order valence-electron chi connectivity index (χ3n) is 3.61. The van der Waals surface area contributed by atoms with Crippen molar-refractivity contribution in [2.45, 2.75) is 0 Å². The predicted octanol–water partition coefficient (Wildman–Crippen LogP) is 1.13. The Morgan fingerprint density at radius 1 is 1.11 bits per heavy atom. The zero-order valence-electron chi connectivity index (χ0n) is 13.7. The Kier molecular flexibility index (Phi) is 4.93. The molecular formula is C18H13FN4O4. The lowest BCUT2D eigenvalue weighted by Crippen LogP contribution is -2.32. The highest BCUT2D eigenvalue weighted by atomic mass is 19.1. The molecule has 27 heavy (non-hydrogen) atoms. The first-order chi connectivity index (χ1) is 13.0. The van der Waals surface area contributed by atoms with E-state index in [1.54, 1.807) is 30.3 Å². The largest absolute Gasteiger partial charge is 0.493 e. The Labute approximate surface area is 151 Å². The Morgan fingerprint density at radius 3 is 2.48 bits per heavy atom. The van der Waals surface area contributed by atoms with Gasteiger partial charge in [0, 0.05) is 5.56 Å². The van der Waals surface area contributed by atoms with Crippen molar-refractivity contribution in [1.29, 1.82) is 0 Å². The van der Waals surface area contributed by atoms with E-state index in [2.05, 4.69) is 10.5 Å². The minimum absolute atomic E-state index is 0.251. The van der Waals surface area contributed by atoms with Crippen molar-refractivity contribution in [3.8, 4) is 11.6 Å². The number of aromatic nitrogens is 2. The van der Waals surface area contributed by atoms with E-state index in [4.69, 9.17) is 0 Å². The molecule has 136 valence electrons. The third kappa shape index (κ3) is 3.66. The Bertz CT molecular complexity index is 1140. The van der Waals surface area contributed by atoms with Gasteiger partial charge in [0.2, 0.25) is 5.88 Å². The minimum Gasteiger partial charge on any atom is -0.493 e. The molecular weight excluding hydrogens is 355 g/mol. The van der Waals surface area contributed by atoms with Crippen LogP contribution in [0.25, 0.3) is 5.69 Å². The molecule has 0 saturated carbocycles. The van der Waals surface area contributed by atoms with Crippen molar-refractivity contribution < 1.29 is 14.3 Å². The third-order valence-corrected chi connectivity index (χ3v) is 3.61. The van der Waals surface area contributed by atoms with Crippen LogP contribution in [0.1, 0.15) is 15.9 Å². The molecule has 0 radical (unpaired) electrons. The van der Waals surface area contributed by atoms with Crippen LogP contribution in [0, 0.1) is 5.82 Å². The molecule has 1 heterocycles. The Hall–Kier alpha value is -4.01. The Balaban J connectivity index is 1.96. The molecule has 0 bridgehead atoms. The number of rotatable bonds is 4. The van der Waals surface area contributed by atoms with Crippen molar-refractivity contribution in [3.05, 3.63) is 92.4 Å². The van der Waals surface area contributed by atoms with Crippen molar-refractivity contribution in [2.75, 3.05) is 0 Å². The van der Waals surface area contributed by atoms with E-state index in [1.165, 1.54) is 18.2 Å². The van der Waals surface area contributed by atoms with Crippen LogP contribution in [0.3, 0.4) is 0 Å².